The second-order valence-corrected chi connectivity index (χ2v) is 10.8. The zero-order valence-corrected chi connectivity index (χ0v) is 28.5. The minimum atomic E-state index is -1.80. The monoisotopic (exact) mass is 719 g/mol. The van der Waals surface area contributed by atoms with Crippen LogP contribution in [-0.2, 0) is 85.7 Å². The Morgan fingerprint density at radius 3 is 1.42 bits per heavy atom. The second-order valence-electron chi connectivity index (χ2n) is 10.8. The minimum absolute atomic E-state index is 0.0420. The molecule has 10 atom stereocenters. The zero-order valence-electron chi connectivity index (χ0n) is 28.5. The van der Waals surface area contributed by atoms with Crippen LogP contribution in [0.5, 0.6) is 0 Å². The Kier molecular flexibility index (Phi) is 16.8. The van der Waals surface area contributed by atoms with E-state index in [4.69, 9.17) is 57.6 Å². The van der Waals surface area contributed by atoms with Crippen molar-refractivity contribution in [3.63, 3.8) is 0 Å². The fourth-order valence-corrected chi connectivity index (χ4v) is 4.99. The largest absolute Gasteiger partial charge is 0.463 e. The number of carbonyl (C=O) groups is 7. The summed E-state index contributed by atoms with van der Waals surface area (Å²) >= 11 is 0. The maximum absolute atomic E-state index is 12.4. The van der Waals surface area contributed by atoms with Crippen LogP contribution in [-0.4, -0.2) is 130 Å². The van der Waals surface area contributed by atoms with Crippen molar-refractivity contribution in [1.82, 2.24) is 0 Å². The van der Waals surface area contributed by atoms with E-state index in [1.807, 2.05) is 0 Å². The quantitative estimate of drug-likeness (QED) is 0.0519. The molecule has 2 saturated heterocycles. The van der Waals surface area contributed by atoms with Crippen molar-refractivity contribution in [3.05, 3.63) is 10.4 Å². The van der Waals surface area contributed by atoms with E-state index < -0.39 is 116 Å². The van der Waals surface area contributed by atoms with Crippen LogP contribution in [0, 0.1) is 0 Å². The van der Waals surface area contributed by atoms with Crippen LogP contribution in [0.25, 0.3) is 10.4 Å². The third-order valence-electron chi connectivity index (χ3n) is 6.63. The van der Waals surface area contributed by atoms with Crippen LogP contribution in [0.3, 0.4) is 0 Å². The number of azide groups is 1. The molecule has 0 amide bonds. The van der Waals surface area contributed by atoms with Gasteiger partial charge in [-0.2, -0.15) is 0 Å². The lowest BCUT2D eigenvalue weighted by Crippen LogP contribution is -2.67. The van der Waals surface area contributed by atoms with Crippen molar-refractivity contribution >= 4 is 41.8 Å². The molecular formula is C29H41N3O18. The summed E-state index contributed by atoms with van der Waals surface area (Å²) < 4.78 is 61.6. The first-order valence-electron chi connectivity index (χ1n) is 15.3. The van der Waals surface area contributed by atoms with Gasteiger partial charge in [-0.15, -0.1) is 0 Å². The fraction of sp³-hybridized carbons (Fsp3) is 0.759. The SMILES string of the molecule is CC(=O)OC[C@H]1O[C@H](O[C@H]2[C@H](OC(C)=O)[C@@H](OC(C)=O)[C@H](OCCCN=[N+]=[N-])O[C@@H]2COC(C)=O)[C@H](OC(C)=O)[C@@H](OC(C)=O)[C@@H]1OC(C)=O. The Labute approximate surface area is 285 Å². The highest BCUT2D eigenvalue weighted by atomic mass is 16.8. The second kappa shape index (κ2) is 20.2. The molecule has 0 aromatic carbocycles. The van der Waals surface area contributed by atoms with E-state index in [9.17, 15) is 33.6 Å². The Morgan fingerprint density at radius 1 is 0.560 bits per heavy atom. The van der Waals surface area contributed by atoms with Gasteiger partial charge in [-0.25, -0.2) is 0 Å². The third kappa shape index (κ3) is 13.4. The molecule has 0 aromatic rings. The third-order valence-corrected chi connectivity index (χ3v) is 6.63. The zero-order chi connectivity index (χ0) is 37.5. The highest BCUT2D eigenvalue weighted by Gasteiger charge is 2.57. The summed E-state index contributed by atoms with van der Waals surface area (Å²) in [6, 6.07) is 0. The molecule has 2 rings (SSSR count). The Balaban J connectivity index is 2.69. The lowest BCUT2D eigenvalue weighted by Gasteiger charge is -2.48. The number of nitrogens with zero attached hydrogens (tertiary/aromatic N) is 3. The maximum Gasteiger partial charge on any atom is 0.303 e. The fourth-order valence-electron chi connectivity index (χ4n) is 4.99. The van der Waals surface area contributed by atoms with Crippen molar-refractivity contribution in [3.8, 4) is 0 Å². The van der Waals surface area contributed by atoms with Crippen molar-refractivity contribution in [1.29, 1.82) is 0 Å². The van der Waals surface area contributed by atoms with Gasteiger partial charge < -0.3 is 52.1 Å². The molecule has 21 heteroatoms. The molecule has 2 aliphatic rings. The summed E-state index contributed by atoms with van der Waals surface area (Å²) in [5, 5.41) is 3.41. The topological polar surface area (TPSA) is 270 Å². The predicted octanol–water partition coefficient (Wildman–Crippen LogP) is 0.323. The Morgan fingerprint density at radius 2 is 0.960 bits per heavy atom. The number of hydrogen-bond donors (Lipinski definition) is 0. The summed E-state index contributed by atoms with van der Waals surface area (Å²) in [5.41, 5.74) is 8.55. The number of ether oxygens (including phenoxy) is 11. The molecule has 0 aromatic heterocycles. The van der Waals surface area contributed by atoms with Gasteiger partial charge in [-0.05, 0) is 12.0 Å². The molecule has 2 aliphatic heterocycles. The summed E-state index contributed by atoms with van der Waals surface area (Å²) in [6.45, 7) is 6.20. The van der Waals surface area contributed by atoms with Crippen LogP contribution < -0.4 is 0 Å². The first kappa shape index (κ1) is 41.6. The lowest BCUT2D eigenvalue weighted by atomic mass is 9.96. The van der Waals surface area contributed by atoms with Crippen molar-refractivity contribution in [2.75, 3.05) is 26.4 Å². The summed E-state index contributed by atoms with van der Waals surface area (Å²) in [6.07, 6.45) is -15.4. The van der Waals surface area contributed by atoms with E-state index >= 15 is 0 Å². The highest BCUT2D eigenvalue weighted by Crippen LogP contribution is 2.35. The molecule has 0 N–H and O–H groups in total. The molecule has 50 heavy (non-hydrogen) atoms. The molecule has 0 unspecified atom stereocenters. The number of rotatable bonds is 16. The van der Waals surface area contributed by atoms with Gasteiger partial charge in [0.1, 0.15) is 31.5 Å². The molecule has 0 spiro atoms. The number of hydrogen-bond acceptors (Lipinski definition) is 19. The molecular weight excluding hydrogens is 678 g/mol. The van der Waals surface area contributed by atoms with Crippen LogP contribution in [0.4, 0.5) is 0 Å². The number of esters is 7. The van der Waals surface area contributed by atoms with E-state index in [2.05, 4.69) is 10.0 Å². The van der Waals surface area contributed by atoms with E-state index in [-0.39, 0.29) is 19.6 Å². The number of carbonyl (C=O) groups excluding carboxylic acids is 7. The molecule has 2 fully saturated rings. The van der Waals surface area contributed by atoms with Gasteiger partial charge in [0.15, 0.2) is 43.1 Å². The Hall–Kier alpha value is -4.56. The van der Waals surface area contributed by atoms with Crippen LogP contribution in [0.15, 0.2) is 5.11 Å². The van der Waals surface area contributed by atoms with Gasteiger partial charge in [0.05, 0.1) is 6.61 Å². The van der Waals surface area contributed by atoms with Gasteiger partial charge in [-0.1, -0.05) is 5.11 Å². The summed E-state index contributed by atoms with van der Waals surface area (Å²) in [7, 11) is 0. The lowest BCUT2D eigenvalue weighted by molar-refractivity contribution is -0.361. The normalized spacial score (nSPS) is 28.9. The van der Waals surface area contributed by atoms with Crippen LogP contribution in [0.2, 0.25) is 0 Å². The smallest absolute Gasteiger partial charge is 0.303 e. The highest BCUT2D eigenvalue weighted by molar-refractivity contribution is 5.69. The molecule has 280 valence electrons. The van der Waals surface area contributed by atoms with E-state index in [1.54, 1.807) is 0 Å². The summed E-state index contributed by atoms with van der Waals surface area (Å²) in [5.74, 6) is -5.96. The van der Waals surface area contributed by atoms with Gasteiger partial charge in [-0.3, -0.25) is 33.6 Å². The molecule has 0 saturated carbocycles. The van der Waals surface area contributed by atoms with Gasteiger partial charge in [0.2, 0.25) is 0 Å². The minimum Gasteiger partial charge on any atom is -0.463 e. The van der Waals surface area contributed by atoms with Crippen molar-refractivity contribution in [2.24, 2.45) is 5.11 Å². The standard InChI is InChI=1S/C29H41N3O18/c1-13(33)41-11-20-22(43-15(3)35)24(44-16(4)36)27(47-19(7)39)29(49-20)50-23-21(12-42-14(2)34)48-28(40-10-8-9-31-32-30)26(46-18(6)38)25(23)45-17(5)37/h20-29H,8-12H2,1-7H3/t20-,21-,22-,23-,24+,25+,26-,27-,28-,29-/m1/s1. The molecule has 0 radical (unpaired) electrons. The van der Waals surface area contributed by atoms with Gasteiger partial charge >= 0.3 is 41.8 Å². The first-order valence-corrected chi connectivity index (χ1v) is 15.3. The van der Waals surface area contributed by atoms with Crippen molar-refractivity contribution in [2.45, 2.75) is 116 Å². The van der Waals surface area contributed by atoms with Gasteiger partial charge in [0, 0.05) is 59.9 Å². The predicted molar refractivity (Wildman–Crippen MR) is 158 cm³/mol. The van der Waals surface area contributed by atoms with Crippen molar-refractivity contribution < 1.29 is 85.7 Å². The first-order chi connectivity index (χ1) is 23.5. The van der Waals surface area contributed by atoms with E-state index in [0.29, 0.717) is 0 Å². The maximum atomic E-state index is 12.4. The van der Waals surface area contributed by atoms with Crippen LogP contribution in [0.1, 0.15) is 54.9 Å². The van der Waals surface area contributed by atoms with E-state index in [0.717, 1.165) is 48.5 Å². The molecule has 21 nitrogen and oxygen atoms in total. The van der Waals surface area contributed by atoms with Crippen LogP contribution >= 0.6 is 0 Å². The molecule has 0 aliphatic carbocycles. The Bertz CT molecular complexity index is 1290. The van der Waals surface area contributed by atoms with E-state index in [1.165, 1.54) is 0 Å². The molecule has 2 heterocycles. The molecule has 0 bridgehead atoms. The summed E-state index contributed by atoms with van der Waals surface area (Å²) in [4.78, 5) is 87.6. The average molecular weight is 720 g/mol. The average Bonchev–Trinajstić information content (AvgIpc) is 2.99. The van der Waals surface area contributed by atoms with Gasteiger partial charge in [0.25, 0.3) is 0 Å².